The molecule has 21 heavy (non-hydrogen) atoms. The standard InChI is InChI=1S/C16H32N4O/c17-8-4-5-9-19-10-12-20(13-11-19)14-16(21)18-15-6-2-1-3-7-15/h15H,1-14,17H2,(H,18,21). The summed E-state index contributed by atoms with van der Waals surface area (Å²) in [5.74, 6) is 0.221. The molecule has 0 unspecified atom stereocenters. The van der Waals surface area contributed by atoms with Gasteiger partial charge in [0.1, 0.15) is 0 Å². The van der Waals surface area contributed by atoms with E-state index in [9.17, 15) is 4.79 Å². The van der Waals surface area contributed by atoms with Crippen molar-refractivity contribution in [2.45, 2.75) is 51.0 Å². The van der Waals surface area contributed by atoms with Crippen molar-refractivity contribution in [3.63, 3.8) is 0 Å². The lowest BCUT2D eigenvalue weighted by atomic mass is 9.95. The average Bonchev–Trinajstić information content (AvgIpc) is 2.50. The lowest BCUT2D eigenvalue weighted by molar-refractivity contribution is -0.123. The number of hydrogen-bond acceptors (Lipinski definition) is 4. The summed E-state index contributed by atoms with van der Waals surface area (Å²) in [7, 11) is 0. The minimum Gasteiger partial charge on any atom is -0.352 e. The molecule has 0 atom stereocenters. The molecule has 122 valence electrons. The van der Waals surface area contributed by atoms with Crippen LogP contribution in [0, 0.1) is 0 Å². The van der Waals surface area contributed by atoms with Crippen molar-refractivity contribution in [2.24, 2.45) is 5.73 Å². The quantitative estimate of drug-likeness (QED) is 0.682. The van der Waals surface area contributed by atoms with Crippen molar-refractivity contribution < 1.29 is 4.79 Å². The smallest absolute Gasteiger partial charge is 0.234 e. The second-order valence-electron chi connectivity index (χ2n) is 6.52. The Kier molecular flexibility index (Phi) is 7.47. The van der Waals surface area contributed by atoms with E-state index in [4.69, 9.17) is 5.73 Å². The first-order valence-electron chi connectivity index (χ1n) is 8.72. The minimum absolute atomic E-state index is 0.221. The molecule has 5 heteroatoms. The highest BCUT2D eigenvalue weighted by Gasteiger charge is 2.20. The van der Waals surface area contributed by atoms with Crippen LogP contribution in [0.4, 0.5) is 0 Å². The molecule has 2 aliphatic rings. The summed E-state index contributed by atoms with van der Waals surface area (Å²) < 4.78 is 0. The summed E-state index contributed by atoms with van der Waals surface area (Å²) in [5, 5.41) is 3.21. The summed E-state index contributed by atoms with van der Waals surface area (Å²) in [6.07, 6.45) is 8.52. The van der Waals surface area contributed by atoms with Crippen LogP contribution in [0.5, 0.6) is 0 Å². The Labute approximate surface area is 129 Å². The zero-order valence-electron chi connectivity index (χ0n) is 13.4. The van der Waals surface area contributed by atoms with Crippen molar-refractivity contribution >= 4 is 5.91 Å². The summed E-state index contributed by atoms with van der Waals surface area (Å²) in [6.45, 7) is 6.72. The molecule has 2 rings (SSSR count). The lowest BCUT2D eigenvalue weighted by Crippen LogP contribution is -2.50. The largest absolute Gasteiger partial charge is 0.352 e. The zero-order chi connectivity index (χ0) is 14.9. The van der Waals surface area contributed by atoms with E-state index in [1.807, 2.05) is 0 Å². The van der Waals surface area contributed by atoms with Crippen LogP contribution in [-0.4, -0.2) is 67.6 Å². The van der Waals surface area contributed by atoms with E-state index >= 15 is 0 Å². The van der Waals surface area contributed by atoms with E-state index < -0.39 is 0 Å². The molecule has 0 spiro atoms. The van der Waals surface area contributed by atoms with Gasteiger partial charge in [-0.2, -0.15) is 0 Å². The fourth-order valence-corrected chi connectivity index (χ4v) is 3.37. The Morgan fingerprint density at radius 1 is 1.00 bits per heavy atom. The Bertz CT molecular complexity index is 297. The van der Waals surface area contributed by atoms with Crippen molar-refractivity contribution in [3.8, 4) is 0 Å². The second kappa shape index (κ2) is 9.38. The summed E-state index contributed by atoms with van der Waals surface area (Å²) >= 11 is 0. The molecular formula is C16H32N4O. The summed E-state index contributed by atoms with van der Waals surface area (Å²) in [6, 6.07) is 0.434. The second-order valence-corrected chi connectivity index (χ2v) is 6.52. The van der Waals surface area contributed by atoms with Crippen molar-refractivity contribution in [1.82, 2.24) is 15.1 Å². The fourth-order valence-electron chi connectivity index (χ4n) is 3.37. The highest BCUT2D eigenvalue weighted by molar-refractivity contribution is 5.78. The number of hydrogen-bond donors (Lipinski definition) is 2. The van der Waals surface area contributed by atoms with Crippen LogP contribution < -0.4 is 11.1 Å². The number of nitrogens with zero attached hydrogens (tertiary/aromatic N) is 2. The SMILES string of the molecule is NCCCCN1CCN(CC(=O)NC2CCCCC2)CC1. The highest BCUT2D eigenvalue weighted by atomic mass is 16.2. The molecular weight excluding hydrogens is 264 g/mol. The number of nitrogens with two attached hydrogens (primary N) is 1. The predicted molar refractivity (Wildman–Crippen MR) is 86.2 cm³/mol. The Balaban J connectivity index is 1.58. The van der Waals surface area contributed by atoms with Crippen molar-refractivity contribution in [2.75, 3.05) is 45.8 Å². The van der Waals surface area contributed by atoms with E-state index in [2.05, 4.69) is 15.1 Å². The number of carbonyl (C=O) groups excluding carboxylic acids is 1. The molecule has 1 aliphatic carbocycles. The maximum Gasteiger partial charge on any atom is 0.234 e. The van der Waals surface area contributed by atoms with Gasteiger partial charge < -0.3 is 16.0 Å². The number of carbonyl (C=O) groups is 1. The number of rotatable bonds is 7. The van der Waals surface area contributed by atoms with E-state index in [1.165, 1.54) is 38.5 Å². The van der Waals surface area contributed by atoms with E-state index in [-0.39, 0.29) is 5.91 Å². The maximum atomic E-state index is 12.1. The normalized spacial score (nSPS) is 22.3. The molecule has 0 bridgehead atoms. The molecule has 2 fully saturated rings. The third-order valence-electron chi connectivity index (χ3n) is 4.73. The fraction of sp³-hybridized carbons (Fsp3) is 0.938. The van der Waals surface area contributed by atoms with Crippen LogP contribution >= 0.6 is 0 Å². The van der Waals surface area contributed by atoms with Crippen molar-refractivity contribution in [1.29, 1.82) is 0 Å². The van der Waals surface area contributed by atoms with Crippen LogP contribution in [0.1, 0.15) is 44.9 Å². The number of nitrogens with one attached hydrogen (secondary N) is 1. The van der Waals surface area contributed by atoms with E-state index in [1.54, 1.807) is 0 Å². The van der Waals surface area contributed by atoms with Crippen LogP contribution in [0.25, 0.3) is 0 Å². The van der Waals surface area contributed by atoms with Gasteiger partial charge in [-0.05, 0) is 38.8 Å². The molecule has 1 aliphatic heterocycles. The summed E-state index contributed by atoms with van der Waals surface area (Å²) in [5.41, 5.74) is 5.53. The van der Waals surface area contributed by atoms with Gasteiger partial charge in [0.05, 0.1) is 6.54 Å². The van der Waals surface area contributed by atoms with Gasteiger partial charge in [-0.1, -0.05) is 19.3 Å². The monoisotopic (exact) mass is 296 g/mol. The van der Waals surface area contributed by atoms with Gasteiger partial charge in [-0.15, -0.1) is 0 Å². The molecule has 1 saturated heterocycles. The Morgan fingerprint density at radius 2 is 1.67 bits per heavy atom. The van der Waals surface area contributed by atoms with Crippen LogP contribution in [0.2, 0.25) is 0 Å². The van der Waals surface area contributed by atoms with Gasteiger partial charge in [0, 0.05) is 32.2 Å². The molecule has 1 heterocycles. The van der Waals surface area contributed by atoms with Crippen LogP contribution in [0.3, 0.4) is 0 Å². The molecule has 0 aromatic heterocycles. The topological polar surface area (TPSA) is 61.6 Å². The Morgan fingerprint density at radius 3 is 2.33 bits per heavy atom. The molecule has 1 amide bonds. The number of amides is 1. The summed E-state index contributed by atoms with van der Waals surface area (Å²) in [4.78, 5) is 16.9. The van der Waals surface area contributed by atoms with Gasteiger partial charge in [0.15, 0.2) is 0 Å². The van der Waals surface area contributed by atoms with Gasteiger partial charge in [-0.3, -0.25) is 9.69 Å². The van der Waals surface area contributed by atoms with E-state index in [0.717, 1.165) is 45.7 Å². The molecule has 1 saturated carbocycles. The van der Waals surface area contributed by atoms with Gasteiger partial charge in [0.2, 0.25) is 5.91 Å². The first kappa shape index (κ1) is 16.7. The first-order chi connectivity index (χ1) is 10.3. The maximum absolute atomic E-state index is 12.1. The molecule has 0 radical (unpaired) electrons. The third kappa shape index (κ3) is 6.32. The van der Waals surface area contributed by atoms with Crippen LogP contribution in [0.15, 0.2) is 0 Å². The lowest BCUT2D eigenvalue weighted by Gasteiger charge is -2.34. The van der Waals surface area contributed by atoms with Gasteiger partial charge >= 0.3 is 0 Å². The number of unbranched alkanes of at least 4 members (excludes halogenated alkanes) is 1. The number of piperazine rings is 1. The zero-order valence-corrected chi connectivity index (χ0v) is 13.4. The minimum atomic E-state index is 0.221. The van der Waals surface area contributed by atoms with Gasteiger partial charge in [0.25, 0.3) is 0 Å². The van der Waals surface area contributed by atoms with E-state index in [0.29, 0.717) is 12.6 Å². The highest BCUT2D eigenvalue weighted by Crippen LogP contribution is 2.17. The van der Waals surface area contributed by atoms with Gasteiger partial charge in [-0.25, -0.2) is 0 Å². The predicted octanol–water partition coefficient (Wildman–Crippen LogP) is 0.792. The third-order valence-corrected chi connectivity index (χ3v) is 4.73. The molecule has 3 N–H and O–H groups in total. The molecule has 0 aromatic rings. The van der Waals surface area contributed by atoms with Crippen LogP contribution in [-0.2, 0) is 4.79 Å². The molecule has 0 aromatic carbocycles. The Hall–Kier alpha value is -0.650. The first-order valence-corrected chi connectivity index (χ1v) is 8.72. The average molecular weight is 296 g/mol. The van der Waals surface area contributed by atoms with Crippen molar-refractivity contribution in [3.05, 3.63) is 0 Å². The molecule has 5 nitrogen and oxygen atoms in total.